The van der Waals surface area contributed by atoms with Crippen molar-refractivity contribution < 1.29 is 0 Å². The summed E-state index contributed by atoms with van der Waals surface area (Å²) in [5, 5.41) is 16.3. The lowest BCUT2D eigenvalue weighted by Crippen LogP contribution is -2.23. The molecule has 2 aromatic rings. The summed E-state index contributed by atoms with van der Waals surface area (Å²) in [7, 11) is 0. The van der Waals surface area contributed by atoms with Crippen LogP contribution in [0.5, 0.6) is 0 Å². The van der Waals surface area contributed by atoms with E-state index in [0.29, 0.717) is 6.04 Å². The van der Waals surface area contributed by atoms with Gasteiger partial charge in [-0.2, -0.15) is 0 Å². The molecule has 1 N–H and O–H groups in total. The zero-order chi connectivity index (χ0) is 13.0. The third kappa shape index (κ3) is 3.60. The molecule has 0 unspecified atom stereocenters. The van der Waals surface area contributed by atoms with E-state index in [1.807, 2.05) is 0 Å². The van der Waals surface area contributed by atoms with Crippen LogP contribution in [-0.4, -0.2) is 22.8 Å². The molecule has 0 spiro atoms. The molecule has 2 heterocycles. The molecule has 0 saturated heterocycles. The van der Waals surface area contributed by atoms with Gasteiger partial charge in [-0.05, 0) is 36.9 Å². The molecule has 0 aliphatic heterocycles. The minimum Gasteiger partial charge on any atom is -0.315 e. The maximum atomic E-state index is 4.29. The molecule has 18 heavy (non-hydrogen) atoms. The number of aromatic nitrogens is 2. The Bertz CT molecular complexity index is 488. The van der Waals surface area contributed by atoms with E-state index in [9.17, 15) is 0 Å². The molecule has 3 nitrogen and oxygen atoms in total. The van der Waals surface area contributed by atoms with E-state index in [1.165, 1.54) is 10.4 Å². The molecule has 0 atom stereocenters. The van der Waals surface area contributed by atoms with E-state index in [0.717, 1.165) is 29.4 Å². The lowest BCUT2D eigenvalue weighted by Gasteiger charge is -2.05. The van der Waals surface area contributed by atoms with Gasteiger partial charge in [0, 0.05) is 12.5 Å². The van der Waals surface area contributed by atoms with Crippen LogP contribution in [0.4, 0.5) is 0 Å². The number of thiophene rings is 1. The van der Waals surface area contributed by atoms with Gasteiger partial charge in [-0.15, -0.1) is 21.5 Å². The first-order valence-electron chi connectivity index (χ1n) is 6.27. The normalized spacial score (nSPS) is 11.3. The van der Waals surface area contributed by atoms with Crippen molar-refractivity contribution in [3.05, 3.63) is 22.0 Å². The van der Waals surface area contributed by atoms with Gasteiger partial charge in [0.25, 0.3) is 0 Å². The fourth-order valence-electron chi connectivity index (χ4n) is 1.67. The Labute approximate surface area is 116 Å². The summed E-state index contributed by atoms with van der Waals surface area (Å²) in [4.78, 5) is 1.26. The first-order chi connectivity index (χ1) is 8.66. The van der Waals surface area contributed by atoms with Crippen LogP contribution in [-0.2, 0) is 6.42 Å². The predicted molar refractivity (Wildman–Crippen MR) is 79.4 cm³/mol. The molecule has 0 aromatic carbocycles. The first kappa shape index (κ1) is 13.6. The van der Waals surface area contributed by atoms with Crippen molar-refractivity contribution >= 4 is 22.7 Å². The highest BCUT2D eigenvalue weighted by Crippen LogP contribution is 2.31. The maximum Gasteiger partial charge on any atom is 0.158 e. The Morgan fingerprint density at radius 3 is 2.83 bits per heavy atom. The highest BCUT2D eigenvalue weighted by molar-refractivity contribution is 7.20. The molecular weight excluding hydrogens is 262 g/mol. The number of nitrogens with one attached hydrogen (secondary N) is 1. The number of nitrogens with zero attached hydrogens (tertiary/aromatic N) is 2. The maximum absolute atomic E-state index is 4.29. The van der Waals surface area contributed by atoms with Gasteiger partial charge in [-0.25, -0.2) is 0 Å². The van der Waals surface area contributed by atoms with E-state index in [4.69, 9.17) is 0 Å². The fraction of sp³-hybridized carbons (Fsp3) is 0.538. The number of aryl methyl sites for hydroxylation is 2. The minimum atomic E-state index is 0.559. The summed E-state index contributed by atoms with van der Waals surface area (Å²) in [6.45, 7) is 7.51. The molecule has 0 aliphatic carbocycles. The summed E-state index contributed by atoms with van der Waals surface area (Å²) in [5.41, 5.74) is 1.30. The number of hydrogen-bond donors (Lipinski definition) is 1. The van der Waals surface area contributed by atoms with Crippen LogP contribution in [0, 0.1) is 6.92 Å². The van der Waals surface area contributed by atoms with E-state index < -0.39 is 0 Å². The Kier molecular flexibility index (Phi) is 4.86. The van der Waals surface area contributed by atoms with Crippen LogP contribution in [0.2, 0.25) is 0 Å². The van der Waals surface area contributed by atoms with Crippen molar-refractivity contribution in [2.45, 2.75) is 39.7 Å². The third-order valence-electron chi connectivity index (χ3n) is 2.64. The molecule has 2 rings (SSSR count). The molecule has 0 radical (unpaired) electrons. The third-order valence-corrected chi connectivity index (χ3v) is 4.80. The second-order valence-electron chi connectivity index (χ2n) is 4.65. The van der Waals surface area contributed by atoms with Gasteiger partial charge in [-0.1, -0.05) is 25.2 Å². The molecule has 5 heteroatoms. The van der Waals surface area contributed by atoms with Gasteiger partial charge in [0.15, 0.2) is 5.01 Å². The quantitative estimate of drug-likeness (QED) is 0.823. The lowest BCUT2D eigenvalue weighted by molar-refractivity contribution is 0.569. The molecule has 0 fully saturated rings. The lowest BCUT2D eigenvalue weighted by atomic mass is 10.3. The van der Waals surface area contributed by atoms with E-state index >= 15 is 0 Å². The van der Waals surface area contributed by atoms with Crippen molar-refractivity contribution in [3.8, 4) is 9.88 Å². The predicted octanol–water partition coefficient (Wildman–Crippen LogP) is 3.51. The molecule has 0 amide bonds. The second kappa shape index (κ2) is 6.41. The first-order valence-corrected chi connectivity index (χ1v) is 7.96. The van der Waals surface area contributed by atoms with Crippen LogP contribution in [0.15, 0.2) is 11.4 Å². The molecular formula is C13H19N3S2. The average molecular weight is 281 g/mol. The van der Waals surface area contributed by atoms with E-state index in [2.05, 4.69) is 47.7 Å². The van der Waals surface area contributed by atoms with E-state index in [1.54, 1.807) is 22.7 Å². The number of rotatable bonds is 6. The summed E-state index contributed by atoms with van der Waals surface area (Å²) in [6.07, 6.45) is 2.14. The molecule has 2 aromatic heterocycles. The second-order valence-corrected chi connectivity index (χ2v) is 6.62. The van der Waals surface area contributed by atoms with Crippen LogP contribution >= 0.6 is 22.7 Å². The molecule has 0 saturated carbocycles. The highest BCUT2D eigenvalue weighted by atomic mass is 32.1. The van der Waals surface area contributed by atoms with Crippen molar-refractivity contribution in [1.82, 2.24) is 15.5 Å². The molecule has 98 valence electrons. The molecule has 0 aliphatic rings. The van der Waals surface area contributed by atoms with Crippen LogP contribution in [0.1, 0.15) is 30.8 Å². The largest absolute Gasteiger partial charge is 0.315 e. The zero-order valence-electron chi connectivity index (χ0n) is 11.1. The topological polar surface area (TPSA) is 37.8 Å². The van der Waals surface area contributed by atoms with Crippen LogP contribution in [0.3, 0.4) is 0 Å². The highest BCUT2D eigenvalue weighted by Gasteiger charge is 2.09. The van der Waals surface area contributed by atoms with Gasteiger partial charge in [0.1, 0.15) is 5.01 Å². The summed E-state index contributed by atoms with van der Waals surface area (Å²) in [5.74, 6) is 0. The summed E-state index contributed by atoms with van der Waals surface area (Å²) >= 11 is 3.47. The standard InChI is InChI=1S/C13H19N3S2/c1-9(2)14-7-4-5-11-15-16-13(18-11)12-10(3)6-8-17-12/h6,8-9,14H,4-5,7H2,1-3H3. The number of hydrogen-bond acceptors (Lipinski definition) is 5. The van der Waals surface area contributed by atoms with Gasteiger partial charge in [0.2, 0.25) is 0 Å². The van der Waals surface area contributed by atoms with Crippen molar-refractivity contribution in [2.24, 2.45) is 0 Å². The summed E-state index contributed by atoms with van der Waals surface area (Å²) < 4.78 is 0. The Balaban J connectivity index is 1.89. The average Bonchev–Trinajstić information content (AvgIpc) is 2.92. The monoisotopic (exact) mass is 281 g/mol. The van der Waals surface area contributed by atoms with Gasteiger partial charge < -0.3 is 5.32 Å². The van der Waals surface area contributed by atoms with Gasteiger partial charge >= 0.3 is 0 Å². The van der Waals surface area contributed by atoms with Gasteiger partial charge in [-0.3, -0.25) is 0 Å². The Morgan fingerprint density at radius 1 is 1.33 bits per heavy atom. The Morgan fingerprint density at radius 2 is 2.17 bits per heavy atom. The van der Waals surface area contributed by atoms with Crippen molar-refractivity contribution in [1.29, 1.82) is 0 Å². The SMILES string of the molecule is Cc1ccsc1-c1nnc(CCCNC(C)C)s1. The Hall–Kier alpha value is -0.780. The smallest absolute Gasteiger partial charge is 0.158 e. The van der Waals surface area contributed by atoms with Crippen LogP contribution < -0.4 is 5.32 Å². The van der Waals surface area contributed by atoms with Crippen molar-refractivity contribution in [2.75, 3.05) is 6.54 Å². The van der Waals surface area contributed by atoms with Gasteiger partial charge in [0.05, 0.1) is 4.88 Å². The van der Waals surface area contributed by atoms with Crippen molar-refractivity contribution in [3.63, 3.8) is 0 Å². The fourth-order valence-corrected chi connectivity index (χ4v) is 3.63. The molecule has 0 bridgehead atoms. The summed E-state index contributed by atoms with van der Waals surface area (Å²) in [6, 6.07) is 2.69. The van der Waals surface area contributed by atoms with E-state index in [-0.39, 0.29) is 0 Å². The minimum absolute atomic E-state index is 0.559. The zero-order valence-corrected chi connectivity index (χ0v) is 12.7. The van der Waals surface area contributed by atoms with Crippen LogP contribution in [0.25, 0.3) is 9.88 Å².